The number of nitrogens with one attached hydrogen (secondary N) is 2. The van der Waals surface area contributed by atoms with Gasteiger partial charge in [0.2, 0.25) is 0 Å². The van der Waals surface area contributed by atoms with Crippen molar-refractivity contribution >= 4 is 9.84 Å². The molecule has 4 nitrogen and oxygen atoms in total. The Morgan fingerprint density at radius 2 is 1.92 bits per heavy atom. The number of sulfone groups is 1. The summed E-state index contributed by atoms with van der Waals surface area (Å²) >= 11 is 0. The van der Waals surface area contributed by atoms with Crippen LogP contribution >= 0.6 is 0 Å². The summed E-state index contributed by atoms with van der Waals surface area (Å²) in [6.45, 7) is 4.23. The van der Waals surface area contributed by atoms with E-state index in [4.69, 9.17) is 0 Å². The van der Waals surface area contributed by atoms with E-state index in [9.17, 15) is 8.42 Å². The normalized spacial score (nSPS) is 25.8. The highest BCUT2D eigenvalue weighted by Gasteiger charge is 2.42. The molecule has 130 valence electrons. The summed E-state index contributed by atoms with van der Waals surface area (Å²) in [6, 6.07) is 10.0. The van der Waals surface area contributed by atoms with Crippen LogP contribution in [-0.4, -0.2) is 24.7 Å². The molecule has 2 aromatic rings. The zero-order valence-corrected chi connectivity index (χ0v) is 15.2. The van der Waals surface area contributed by atoms with Crippen LogP contribution in [0.2, 0.25) is 0 Å². The molecule has 3 rings (SSSR count). The van der Waals surface area contributed by atoms with E-state index in [0.717, 1.165) is 36.8 Å². The summed E-state index contributed by atoms with van der Waals surface area (Å²) in [5.41, 5.74) is 1.54. The minimum Gasteiger partial charge on any atom is -0.366 e. The maximum atomic E-state index is 13.0. The predicted octanol–water partition coefficient (Wildman–Crippen LogP) is 3.82. The minimum absolute atomic E-state index is 0.110. The maximum Gasteiger partial charge on any atom is 0.182 e. The second kappa shape index (κ2) is 6.73. The van der Waals surface area contributed by atoms with E-state index in [-0.39, 0.29) is 17.3 Å². The van der Waals surface area contributed by atoms with Gasteiger partial charge in [0, 0.05) is 23.5 Å². The van der Waals surface area contributed by atoms with Gasteiger partial charge in [0.05, 0.1) is 16.7 Å². The van der Waals surface area contributed by atoms with Crippen LogP contribution < -0.4 is 5.32 Å². The Labute approximate surface area is 144 Å². The van der Waals surface area contributed by atoms with Crippen molar-refractivity contribution in [2.45, 2.75) is 56.0 Å². The first-order chi connectivity index (χ1) is 11.5. The highest BCUT2D eigenvalue weighted by Crippen LogP contribution is 2.37. The van der Waals surface area contributed by atoms with E-state index in [0.29, 0.717) is 4.90 Å². The van der Waals surface area contributed by atoms with Crippen molar-refractivity contribution < 1.29 is 8.42 Å². The van der Waals surface area contributed by atoms with E-state index >= 15 is 0 Å². The number of unbranched alkanes of at least 4 members (excludes halogenated alkanes) is 1. The maximum absolute atomic E-state index is 13.0. The van der Waals surface area contributed by atoms with E-state index in [1.165, 1.54) is 0 Å². The summed E-state index contributed by atoms with van der Waals surface area (Å²) in [7, 11) is -3.32. The molecule has 0 fully saturated rings. The molecular weight excluding hydrogens is 320 g/mol. The average molecular weight is 346 g/mol. The summed E-state index contributed by atoms with van der Waals surface area (Å²) in [4.78, 5) is 3.43. The summed E-state index contributed by atoms with van der Waals surface area (Å²) < 4.78 is 26.0. The molecule has 24 heavy (non-hydrogen) atoms. The highest BCUT2D eigenvalue weighted by molar-refractivity contribution is 7.91. The van der Waals surface area contributed by atoms with Crippen LogP contribution in [-0.2, 0) is 9.84 Å². The lowest BCUT2D eigenvalue weighted by atomic mass is 9.88. The molecule has 0 saturated carbocycles. The van der Waals surface area contributed by atoms with Gasteiger partial charge in [0.15, 0.2) is 9.84 Å². The number of aromatic amines is 1. The van der Waals surface area contributed by atoms with Crippen LogP contribution in [0, 0.1) is 0 Å². The molecular formula is C19H26N2O2S. The molecule has 0 amide bonds. The van der Waals surface area contributed by atoms with Crippen LogP contribution in [0.1, 0.15) is 56.7 Å². The number of H-pyrrole nitrogens is 1. The van der Waals surface area contributed by atoms with Crippen LogP contribution in [0.25, 0.3) is 0 Å². The van der Waals surface area contributed by atoms with E-state index < -0.39 is 9.84 Å². The number of fused-ring (bicyclic) bond motifs is 1. The molecule has 0 bridgehead atoms. The van der Waals surface area contributed by atoms with Gasteiger partial charge in [-0.15, -0.1) is 0 Å². The van der Waals surface area contributed by atoms with Crippen LogP contribution in [0.15, 0.2) is 47.6 Å². The molecule has 0 radical (unpaired) electrons. The van der Waals surface area contributed by atoms with E-state index in [1.807, 2.05) is 24.4 Å². The van der Waals surface area contributed by atoms with Crippen molar-refractivity contribution in [3.63, 3.8) is 0 Å². The molecule has 0 spiro atoms. The van der Waals surface area contributed by atoms with Crippen molar-refractivity contribution in [2.75, 3.05) is 5.75 Å². The van der Waals surface area contributed by atoms with Gasteiger partial charge >= 0.3 is 0 Å². The lowest BCUT2D eigenvalue weighted by Crippen LogP contribution is -2.50. The fraction of sp³-hybridized carbons (Fsp3) is 0.474. The molecule has 5 heteroatoms. The van der Waals surface area contributed by atoms with E-state index in [2.05, 4.69) is 36.3 Å². The Bertz CT molecular complexity index is 783. The molecule has 1 aliphatic rings. The van der Waals surface area contributed by atoms with Gasteiger partial charge < -0.3 is 4.98 Å². The van der Waals surface area contributed by atoms with Gasteiger partial charge in [-0.1, -0.05) is 57.0 Å². The number of hydrogen-bond donors (Lipinski definition) is 2. The van der Waals surface area contributed by atoms with E-state index in [1.54, 1.807) is 6.20 Å². The Hall–Kier alpha value is -1.59. The minimum atomic E-state index is -3.32. The Morgan fingerprint density at radius 3 is 2.58 bits per heavy atom. The third-order valence-corrected chi connectivity index (χ3v) is 7.08. The van der Waals surface area contributed by atoms with Crippen molar-refractivity contribution in [3.8, 4) is 0 Å². The Kier molecular flexibility index (Phi) is 4.83. The van der Waals surface area contributed by atoms with Crippen LogP contribution in [0.5, 0.6) is 0 Å². The quantitative estimate of drug-likeness (QED) is 0.865. The van der Waals surface area contributed by atoms with Crippen molar-refractivity contribution in [3.05, 3.63) is 53.9 Å². The summed E-state index contributed by atoms with van der Waals surface area (Å²) in [6.07, 6.45) is 7.21. The second-order valence-corrected chi connectivity index (χ2v) is 8.72. The Morgan fingerprint density at radius 1 is 1.17 bits per heavy atom. The van der Waals surface area contributed by atoms with Gasteiger partial charge in [0.25, 0.3) is 0 Å². The van der Waals surface area contributed by atoms with Gasteiger partial charge in [-0.25, -0.2) is 8.42 Å². The standard InChI is InChI=1S/C19H26N2O2S/c1-3-5-11-19(4-2)14-24(22,23)17-13-20-12-16(17)18(21-19)15-9-7-6-8-10-15/h6-10,12-13,18,20-21H,3-5,11,14H2,1-2H3/t18-,19+/m1/s1. The molecule has 2 atom stereocenters. The summed E-state index contributed by atoms with van der Waals surface area (Å²) in [5, 5.41) is 3.73. The number of benzene rings is 1. The van der Waals surface area contributed by atoms with Crippen molar-refractivity contribution in [1.82, 2.24) is 10.3 Å². The molecule has 1 aromatic carbocycles. The van der Waals surface area contributed by atoms with Crippen molar-refractivity contribution in [2.24, 2.45) is 0 Å². The average Bonchev–Trinajstić information content (AvgIpc) is 3.05. The number of aromatic nitrogens is 1. The zero-order chi connectivity index (χ0) is 17.2. The first kappa shape index (κ1) is 17.2. The largest absolute Gasteiger partial charge is 0.366 e. The molecule has 2 N–H and O–H groups in total. The van der Waals surface area contributed by atoms with Gasteiger partial charge in [-0.3, -0.25) is 5.32 Å². The summed E-state index contributed by atoms with van der Waals surface area (Å²) in [5.74, 6) is 0.157. The molecule has 2 heterocycles. The lowest BCUT2D eigenvalue weighted by Gasteiger charge is -2.35. The molecule has 0 aliphatic carbocycles. The topological polar surface area (TPSA) is 62.0 Å². The Balaban J connectivity index is 2.12. The van der Waals surface area contributed by atoms with Gasteiger partial charge in [-0.05, 0) is 18.4 Å². The second-order valence-electron chi connectivity index (χ2n) is 6.76. The lowest BCUT2D eigenvalue weighted by molar-refractivity contribution is 0.295. The molecule has 0 unspecified atom stereocenters. The molecule has 0 saturated heterocycles. The van der Waals surface area contributed by atoms with Crippen LogP contribution in [0.4, 0.5) is 0 Å². The van der Waals surface area contributed by atoms with Crippen molar-refractivity contribution in [1.29, 1.82) is 0 Å². The molecule has 1 aliphatic heterocycles. The highest BCUT2D eigenvalue weighted by atomic mass is 32.2. The smallest absolute Gasteiger partial charge is 0.182 e. The number of hydrogen-bond acceptors (Lipinski definition) is 3. The monoisotopic (exact) mass is 346 g/mol. The third kappa shape index (κ3) is 3.15. The molecule has 1 aromatic heterocycles. The van der Waals surface area contributed by atoms with Gasteiger partial charge in [0.1, 0.15) is 0 Å². The fourth-order valence-electron chi connectivity index (χ4n) is 3.67. The number of rotatable bonds is 5. The first-order valence-corrected chi connectivity index (χ1v) is 10.4. The zero-order valence-electron chi connectivity index (χ0n) is 14.4. The first-order valence-electron chi connectivity index (χ1n) is 8.73. The third-order valence-electron chi connectivity index (χ3n) is 5.12. The SMILES string of the molecule is CCCC[C@@]1(CC)CS(=O)(=O)c2c[nH]cc2[C@@H](c2ccccc2)N1. The van der Waals surface area contributed by atoms with Crippen LogP contribution in [0.3, 0.4) is 0 Å². The van der Waals surface area contributed by atoms with Gasteiger partial charge in [-0.2, -0.15) is 0 Å². The predicted molar refractivity (Wildman–Crippen MR) is 96.8 cm³/mol. The fourth-order valence-corrected chi connectivity index (χ4v) is 5.77.